The van der Waals surface area contributed by atoms with E-state index in [9.17, 15) is 4.79 Å². The predicted molar refractivity (Wildman–Crippen MR) is 60.6 cm³/mol. The topological polar surface area (TPSA) is 61.1 Å². The molecule has 1 rings (SSSR count). The summed E-state index contributed by atoms with van der Waals surface area (Å²) in [7, 11) is 0. The van der Waals surface area contributed by atoms with Crippen LogP contribution in [0.2, 0.25) is 0 Å². The summed E-state index contributed by atoms with van der Waals surface area (Å²) in [5.74, 6) is -1.08. The van der Waals surface area contributed by atoms with E-state index in [0.717, 1.165) is 0 Å². The average Bonchev–Trinajstić information content (AvgIpc) is 2.20. The Morgan fingerprint density at radius 1 is 1.36 bits per heavy atom. The van der Waals surface area contributed by atoms with Gasteiger partial charge in [0.25, 0.3) is 0 Å². The second kappa shape index (κ2) is 4.77. The van der Waals surface area contributed by atoms with E-state index in [-0.39, 0.29) is 9.15 Å². The lowest BCUT2D eigenvalue weighted by Gasteiger charge is -1.99. The van der Waals surface area contributed by atoms with Crippen LogP contribution >= 0.6 is 22.6 Å². The van der Waals surface area contributed by atoms with Crippen molar-refractivity contribution in [3.63, 3.8) is 0 Å². The molecule has 0 fully saturated rings. The summed E-state index contributed by atoms with van der Waals surface area (Å²) >= 11 is 1.65. The van der Waals surface area contributed by atoms with Gasteiger partial charge in [-0.1, -0.05) is 30.3 Å². The van der Waals surface area contributed by atoms with Crippen LogP contribution in [-0.4, -0.2) is 11.1 Å². The Labute approximate surface area is 94.8 Å². The first-order valence-electron chi connectivity index (χ1n) is 3.75. The lowest BCUT2D eigenvalue weighted by atomic mass is 10.1. The van der Waals surface area contributed by atoms with Crippen LogP contribution < -0.4 is 0 Å². The van der Waals surface area contributed by atoms with Crippen molar-refractivity contribution < 1.29 is 9.90 Å². The summed E-state index contributed by atoms with van der Waals surface area (Å²) in [4.78, 5) is 10.7. The third-order valence-electron chi connectivity index (χ3n) is 1.58. The molecular formula is C10H6INO2. The Morgan fingerprint density at radius 2 is 1.93 bits per heavy atom. The van der Waals surface area contributed by atoms with Crippen LogP contribution in [0.1, 0.15) is 5.56 Å². The Balaban J connectivity index is 3.26. The number of aliphatic carboxylic acids is 1. The van der Waals surface area contributed by atoms with Gasteiger partial charge in [0.15, 0.2) is 0 Å². The highest BCUT2D eigenvalue weighted by atomic mass is 127. The molecule has 0 aromatic heterocycles. The van der Waals surface area contributed by atoms with Crippen molar-refractivity contribution in [1.82, 2.24) is 0 Å². The minimum Gasteiger partial charge on any atom is -0.477 e. The molecule has 0 spiro atoms. The zero-order chi connectivity index (χ0) is 10.6. The van der Waals surface area contributed by atoms with Crippen LogP contribution in [0.15, 0.2) is 33.9 Å². The summed E-state index contributed by atoms with van der Waals surface area (Å²) in [6, 6.07) is 10.6. The fraction of sp³-hybridized carbons (Fsp3) is 0. The molecule has 0 atom stereocenters. The van der Waals surface area contributed by atoms with Gasteiger partial charge in [-0.05, 0) is 28.2 Å². The van der Waals surface area contributed by atoms with Crippen LogP contribution in [0.4, 0.5) is 0 Å². The predicted octanol–water partition coefficient (Wildman–Crippen LogP) is 2.44. The minimum atomic E-state index is -1.08. The molecular weight excluding hydrogens is 293 g/mol. The first-order chi connectivity index (χ1) is 6.66. The largest absolute Gasteiger partial charge is 0.477 e. The van der Waals surface area contributed by atoms with Crippen LogP contribution in [0.5, 0.6) is 0 Å². The standard InChI is InChI=1S/C10H6INO2/c11-9(10(13)14)8(6-12)7-4-2-1-3-5-7/h1-5H,(H,13,14)/b9-8-. The lowest BCUT2D eigenvalue weighted by Crippen LogP contribution is -1.97. The van der Waals surface area contributed by atoms with Crippen molar-refractivity contribution in [2.45, 2.75) is 0 Å². The molecule has 1 aromatic carbocycles. The minimum absolute atomic E-state index is 0.0382. The van der Waals surface area contributed by atoms with Gasteiger partial charge in [-0.3, -0.25) is 0 Å². The van der Waals surface area contributed by atoms with Gasteiger partial charge >= 0.3 is 5.97 Å². The van der Waals surface area contributed by atoms with Crippen molar-refractivity contribution in [3.8, 4) is 6.07 Å². The third kappa shape index (κ3) is 2.33. The number of benzene rings is 1. The van der Waals surface area contributed by atoms with E-state index in [1.165, 1.54) is 0 Å². The second-order valence-corrected chi connectivity index (χ2v) is 3.55. The molecule has 0 amide bonds. The van der Waals surface area contributed by atoms with Crippen molar-refractivity contribution in [2.24, 2.45) is 0 Å². The average molecular weight is 299 g/mol. The fourth-order valence-electron chi connectivity index (χ4n) is 0.952. The zero-order valence-corrected chi connectivity index (χ0v) is 9.22. The summed E-state index contributed by atoms with van der Waals surface area (Å²) in [6.07, 6.45) is 0. The van der Waals surface area contributed by atoms with Crippen LogP contribution in [-0.2, 0) is 4.79 Å². The molecule has 0 saturated carbocycles. The number of nitriles is 1. The fourth-order valence-corrected chi connectivity index (χ4v) is 1.38. The van der Waals surface area contributed by atoms with E-state index in [1.54, 1.807) is 46.9 Å². The van der Waals surface area contributed by atoms with Gasteiger partial charge in [-0.15, -0.1) is 0 Å². The number of carboxylic acids is 1. The zero-order valence-electron chi connectivity index (χ0n) is 7.07. The van der Waals surface area contributed by atoms with Crippen LogP contribution in [0.25, 0.3) is 5.57 Å². The number of hydrogen-bond donors (Lipinski definition) is 1. The smallest absolute Gasteiger partial charge is 0.343 e. The first-order valence-corrected chi connectivity index (χ1v) is 4.83. The molecule has 0 saturated heterocycles. The van der Waals surface area contributed by atoms with Gasteiger partial charge in [0, 0.05) is 0 Å². The van der Waals surface area contributed by atoms with Gasteiger partial charge in [0.05, 0.1) is 5.57 Å². The van der Waals surface area contributed by atoms with Crippen LogP contribution in [0, 0.1) is 11.3 Å². The number of carboxylic acid groups (broad SMARTS) is 1. The Bertz CT molecular complexity index is 417. The van der Waals surface area contributed by atoms with Gasteiger partial charge in [0.2, 0.25) is 0 Å². The Kier molecular flexibility index (Phi) is 3.65. The maximum atomic E-state index is 10.7. The molecule has 1 N–H and O–H groups in total. The number of halogens is 1. The third-order valence-corrected chi connectivity index (χ3v) is 2.58. The number of rotatable bonds is 2. The van der Waals surface area contributed by atoms with Crippen molar-refractivity contribution in [1.29, 1.82) is 5.26 Å². The second-order valence-electron chi connectivity index (χ2n) is 2.47. The number of hydrogen-bond acceptors (Lipinski definition) is 2. The molecule has 4 heteroatoms. The Morgan fingerprint density at radius 3 is 2.36 bits per heavy atom. The molecule has 0 heterocycles. The highest BCUT2D eigenvalue weighted by Crippen LogP contribution is 2.22. The Hall–Kier alpha value is -1.35. The van der Waals surface area contributed by atoms with Gasteiger partial charge in [0.1, 0.15) is 9.65 Å². The normalized spacial score (nSPS) is 11.4. The molecule has 3 nitrogen and oxygen atoms in total. The highest BCUT2D eigenvalue weighted by Gasteiger charge is 2.11. The molecule has 0 aliphatic carbocycles. The van der Waals surface area contributed by atoms with E-state index >= 15 is 0 Å². The number of nitrogens with zero attached hydrogens (tertiary/aromatic N) is 1. The maximum absolute atomic E-state index is 10.7. The van der Waals surface area contributed by atoms with E-state index in [2.05, 4.69) is 0 Å². The van der Waals surface area contributed by atoms with Gasteiger partial charge < -0.3 is 5.11 Å². The molecule has 0 bridgehead atoms. The molecule has 0 aliphatic heterocycles. The maximum Gasteiger partial charge on any atom is 0.343 e. The number of carbonyl (C=O) groups is 1. The van der Waals surface area contributed by atoms with Gasteiger partial charge in [-0.25, -0.2) is 4.79 Å². The van der Waals surface area contributed by atoms with Crippen molar-refractivity contribution in [2.75, 3.05) is 0 Å². The highest BCUT2D eigenvalue weighted by molar-refractivity contribution is 14.1. The van der Waals surface area contributed by atoms with Crippen LogP contribution in [0.3, 0.4) is 0 Å². The van der Waals surface area contributed by atoms with Crippen molar-refractivity contribution >= 4 is 34.1 Å². The number of allylic oxidation sites excluding steroid dienone is 1. The molecule has 70 valence electrons. The molecule has 0 unspecified atom stereocenters. The molecule has 0 radical (unpaired) electrons. The van der Waals surface area contributed by atoms with Gasteiger partial charge in [-0.2, -0.15) is 5.26 Å². The first kappa shape index (κ1) is 10.7. The summed E-state index contributed by atoms with van der Waals surface area (Å²) in [5.41, 5.74) is 0.820. The summed E-state index contributed by atoms with van der Waals surface area (Å²) in [6.45, 7) is 0. The lowest BCUT2D eigenvalue weighted by molar-refractivity contribution is -0.131. The van der Waals surface area contributed by atoms with Crippen molar-refractivity contribution in [3.05, 3.63) is 39.5 Å². The quantitative estimate of drug-likeness (QED) is 0.518. The molecule has 0 aliphatic rings. The summed E-state index contributed by atoms with van der Waals surface area (Å²) in [5, 5.41) is 17.6. The van der Waals surface area contributed by atoms with E-state index < -0.39 is 5.97 Å². The molecule has 1 aromatic rings. The summed E-state index contributed by atoms with van der Waals surface area (Å²) < 4.78 is 0.0382. The van der Waals surface area contributed by atoms with E-state index in [1.807, 2.05) is 12.1 Å². The van der Waals surface area contributed by atoms with E-state index in [0.29, 0.717) is 5.56 Å². The SMILES string of the molecule is N#C/C(=C(/I)C(=O)O)c1ccccc1. The molecule has 14 heavy (non-hydrogen) atoms. The van der Waals surface area contributed by atoms with E-state index in [4.69, 9.17) is 10.4 Å². The monoisotopic (exact) mass is 299 g/mol.